The molecule has 26 heavy (non-hydrogen) atoms. The summed E-state index contributed by atoms with van der Waals surface area (Å²) in [7, 11) is 1.74. The van der Waals surface area contributed by atoms with Crippen LogP contribution < -0.4 is 10.9 Å². The van der Waals surface area contributed by atoms with Gasteiger partial charge >= 0.3 is 5.97 Å². The summed E-state index contributed by atoms with van der Waals surface area (Å²) in [4.78, 5) is 36.2. The topological polar surface area (TPSA) is 82.3 Å². The number of nitrogens with zero attached hydrogens (tertiary/aromatic N) is 2. The van der Waals surface area contributed by atoms with E-state index in [0.717, 1.165) is 25.0 Å². The molecule has 0 saturated carbocycles. The summed E-state index contributed by atoms with van der Waals surface area (Å²) in [6.07, 6.45) is 3.80. The van der Waals surface area contributed by atoms with Gasteiger partial charge in [0.25, 0.3) is 5.56 Å². The first-order chi connectivity index (χ1) is 12.5. The number of rotatable bonds is 7. The maximum absolute atomic E-state index is 12.7. The number of aromatic nitrogens is 2. The smallest absolute Gasteiger partial charge is 0.330 e. The molecule has 0 aliphatic rings. The van der Waals surface area contributed by atoms with Crippen LogP contribution in [0.15, 0.2) is 47.3 Å². The van der Waals surface area contributed by atoms with E-state index in [1.807, 2.05) is 25.1 Å². The number of amides is 1. The van der Waals surface area contributed by atoms with Crippen molar-refractivity contribution in [3.8, 4) is 5.69 Å². The van der Waals surface area contributed by atoms with Crippen molar-refractivity contribution in [2.24, 2.45) is 7.05 Å². The molecule has 7 nitrogen and oxygen atoms in total. The molecule has 1 aromatic carbocycles. The highest BCUT2D eigenvalue weighted by atomic mass is 16.5. The Hall–Kier alpha value is -3.09. The number of esters is 1. The summed E-state index contributed by atoms with van der Waals surface area (Å²) in [5.74, 6) is -1.15. The third-order valence-corrected chi connectivity index (χ3v) is 3.92. The molecule has 0 saturated heterocycles. The Labute approximate surface area is 151 Å². The van der Waals surface area contributed by atoms with E-state index in [0.29, 0.717) is 18.0 Å². The van der Waals surface area contributed by atoms with Gasteiger partial charge in [0.1, 0.15) is 5.69 Å². The number of anilines is 1. The zero-order valence-corrected chi connectivity index (χ0v) is 15.2. The third-order valence-electron chi connectivity index (χ3n) is 3.92. The Kier molecular flexibility index (Phi) is 6.54. The second-order valence-electron chi connectivity index (χ2n) is 5.78. The van der Waals surface area contributed by atoms with Crippen molar-refractivity contribution in [2.45, 2.75) is 26.7 Å². The molecular weight excluding hydrogens is 334 g/mol. The SMILES string of the molecule is CCCCOC(=O)/C=C/C(=O)Nc1c(C)n(C)n(-c2ccccc2)c1=O. The average Bonchev–Trinajstić information content (AvgIpc) is 2.84. The highest BCUT2D eigenvalue weighted by molar-refractivity contribution is 6.02. The van der Waals surface area contributed by atoms with Crippen LogP contribution in [0.2, 0.25) is 0 Å². The molecule has 0 fully saturated rings. The van der Waals surface area contributed by atoms with Gasteiger partial charge in [-0.15, -0.1) is 0 Å². The molecule has 138 valence electrons. The van der Waals surface area contributed by atoms with Gasteiger partial charge in [0.15, 0.2) is 0 Å². The Balaban J connectivity index is 2.14. The summed E-state index contributed by atoms with van der Waals surface area (Å²) in [5.41, 5.74) is 1.12. The minimum absolute atomic E-state index is 0.172. The lowest BCUT2D eigenvalue weighted by molar-refractivity contribution is -0.138. The minimum atomic E-state index is -0.583. The molecule has 1 amide bonds. The van der Waals surface area contributed by atoms with Crippen LogP contribution in [0, 0.1) is 6.92 Å². The molecular formula is C19H23N3O4. The van der Waals surface area contributed by atoms with Crippen LogP contribution in [0.1, 0.15) is 25.5 Å². The summed E-state index contributed by atoms with van der Waals surface area (Å²) in [6, 6.07) is 9.12. The number of nitrogens with one attached hydrogen (secondary N) is 1. The fourth-order valence-corrected chi connectivity index (χ4v) is 2.39. The fourth-order valence-electron chi connectivity index (χ4n) is 2.39. The molecule has 1 N–H and O–H groups in total. The van der Waals surface area contributed by atoms with Gasteiger partial charge in [0.2, 0.25) is 5.91 Å². The number of carbonyl (C=O) groups excluding carboxylic acids is 2. The second kappa shape index (κ2) is 8.84. The van der Waals surface area contributed by atoms with Crippen LogP contribution in [0.25, 0.3) is 5.69 Å². The van der Waals surface area contributed by atoms with Gasteiger partial charge in [-0.2, -0.15) is 0 Å². The highest BCUT2D eigenvalue weighted by Crippen LogP contribution is 2.13. The van der Waals surface area contributed by atoms with Crippen LogP contribution in [0.3, 0.4) is 0 Å². The molecule has 2 aromatic rings. The quantitative estimate of drug-likeness (QED) is 0.468. The first-order valence-corrected chi connectivity index (χ1v) is 8.45. The number of unbranched alkanes of at least 4 members (excludes halogenated alkanes) is 1. The van der Waals surface area contributed by atoms with Crippen LogP contribution >= 0.6 is 0 Å². The lowest BCUT2D eigenvalue weighted by atomic mass is 10.3. The van der Waals surface area contributed by atoms with Crippen molar-refractivity contribution in [3.05, 3.63) is 58.5 Å². The molecule has 0 unspecified atom stereocenters. The van der Waals surface area contributed by atoms with Gasteiger partial charge in [-0.05, 0) is 25.5 Å². The number of ether oxygens (including phenoxy) is 1. The number of hydrogen-bond acceptors (Lipinski definition) is 4. The Morgan fingerprint density at radius 2 is 1.88 bits per heavy atom. The molecule has 7 heteroatoms. The minimum Gasteiger partial charge on any atom is -0.463 e. The Morgan fingerprint density at radius 3 is 2.54 bits per heavy atom. The fraction of sp³-hybridized carbons (Fsp3) is 0.316. The van der Waals surface area contributed by atoms with E-state index in [9.17, 15) is 14.4 Å². The maximum atomic E-state index is 12.7. The van der Waals surface area contributed by atoms with E-state index in [2.05, 4.69) is 5.32 Å². The molecule has 0 atom stereocenters. The molecule has 0 aliphatic carbocycles. The first-order valence-electron chi connectivity index (χ1n) is 8.45. The van der Waals surface area contributed by atoms with E-state index in [4.69, 9.17) is 4.74 Å². The van der Waals surface area contributed by atoms with Crippen LogP contribution in [-0.2, 0) is 21.4 Å². The van der Waals surface area contributed by atoms with Crippen molar-refractivity contribution < 1.29 is 14.3 Å². The zero-order valence-electron chi connectivity index (χ0n) is 15.2. The predicted molar refractivity (Wildman–Crippen MR) is 99.4 cm³/mol. The van der Waals surface area contributed by atoms with Gasteiger partial charge in [-0.1, -0.05) is 31.5 Å². The van der Waals surface area contributed by atoms with Crippen molar-refractivity contribution >= 4 is 17.6 Å². The van der Waals surface area contributed by atoms with E-state index in [1.165, 1.54) is 4.68 Å². The van der Waals surface area contributed by atoms with Crippen molar-refractivity contribution in [2.75, 3.05) is 11.9 Å². The van der Waals surface area contributed by atoms with E-state index in [-0.39, 0.29) is 11.2 Å². The summed E-state index contributed by atoms with van der Waals surface area (Å²) in [5, 5.41) is 2.54. The van der Waals surface area contributed by atoms with Gasteiger partial charge in [0, 0.05) is 19.2 Å². The largest absolute Gasteiger partial charge is 0.463 e. The van der Waals surface area contributed by atoms with Gasteiger partial charge in [0.05, 0.1) is 18.0 Å². The van der Waals surface area contributed by atoms with E-state index in [1.54, 1.807) is 30.8 Å². The van der Waals surface area contributed by atoms with Crippen molar-refractivity contribution in [1.29, 1.82) is 0 Å². The first kappa shape index (κ1) is 19.2. The predicted octanol–water partition coefficient (Wildman–Crippen LogP) is 2.32. The van der Waals surface area contributed by atoms with Gasteiger partial charge in [-0.3, -0.25) is 14.3 Å². The standard InChI is InChI=1S/C19H23N3O4/c1-4-5-13-26-17(24)12-11-16(23)20-18-14(2)21(3)22(19(18)25)15-9-7-6-8-10-15/h6-12H,4-5,13H2,1-3H3,(H,20,23)/b12-11+. The lowest BCUT2D eigenvalue weighted by Crippen LogP contribution is -2.22. The molecule has 0 spiro atoms. The Morgan fingerprint density at radius 1 is 1.19 bits per heavy atom. The number of para-hydroxylation sites is 1. The van der Waals surface area contributed by atoms with Gasteiger partial charge in [-0.25, -0.2) is 9.48 Å². The van der Waals surface area contributed by atoms with Crippen LogP contribution in [0.5, 0.6) is 0 Å². The number of hydrogen-bond donors (Lipinski definition) is 1. The van der Waals surface area contributed by atoms with Crippen LogP contribution in [-0.4, -0.2) is 27.8 Å². The maximum Gasteiger partial charge on any atom is 0.330 e. The van der Waals surface area contributed by atoms with Crippen molar-refractivity contribution in [1.82, 2.24) is 9.36 Å². The summed E-state index contributed by atoms with van der Waals surface area (Å²) < 4.78 is 8.06. The zero-order chi connectivity index (χ0) is 19.1. The Bertz CT molecular complexity index is 863. The molecule has 0 aliphatic heterocycles. The van der Waals surface area contributed by atoms with E-state index < -0.39 is 11.9 Å². The number of carbonyl (C=O) groups is 2. The highest BCUT2D eigenvalue weighted by Gasteiger charge is 2.17. The average molecular weight is 357 g/mol. The molecule has 1 heterocycles. The van der Waals surface area contributed by atoms with E-state index >= 15 is 0 Å². The lowest BCUT2D eigenvalue weighted by Gasteiger charge is -2.07. The molecule has 2 rings (SSSR count). The third kappa shape index (κ3) is 4.50. The number of benzene rings is 1. The molecule has 1 aromatic heterocycles. The molecule has 0 bridgehead atoms. The summed E-state index contributed by atoms with van der Waals surface area (Å²) >= 11 is 0. The van der Waals surface area contributed by atoms with Crippen LogP contribution in [0.4, 0.5) is 5.69 Å². The monoisotopic (exact) mass is 357 g/mol. The normalized spacial score (nSPS) is 10.9. The van der Waals surface area contributed by atoms with Gasteiger partial charge < -0.3 is 10.1 Å². The van der Waals surface area contributed by atoms with Crippen molar-refractivity contribution in [3.63, 3.8) is 0 Å². The molecule has 0 radical (unpaired) electrons. The second-order valence-corrected chi connectivity index (χ2v) is 5.78. The summed E-state index contributed by atoms with van der Waals surface area (Å²) in [6.45, 7) is 4.04.